The number of nitrogens with zero attached hydrogens (tertiary/aromatic N) is 2. The van der Waals surface area contributed by atoms with Crippen LogP contribution in [0.4, 0.5) is 10.2 Å². The molecule has 1 aliphatic rings. The molecule has 3 aromatic rings. The van der Waals surface area contributed by atoms with Gasteiger partial charge in [-0.2, -0.15) is 0 Å². The smallest absolute Gasteiger partial charge is 0.247 e. The summed E-state index contributed by atoms with van der Waals surface area (Å²) in [5.74, 6) is -0.728. The molecule has 8 heteroatoms. The molecule has 2 aromatic carbocycles. The zero-order chi connectivity index (χ0) is 26.7. The zero-order valence-corrected chi connectivity index (χ0v) is 21.3. The molecule has 7 nitrogen and oxygen atoms in total. The van der Waals surface area contributed by atoms with Gasteiger partial charge >= 0.3 is 0 Å². The van der Waals surface area contributed by atoms with E-state index in [0.717, 1.165) is 31.2 Å². The van der Waals surface area contributed by atoms with Crippen molar-refractivity contribution >= 4 is 23.5 Å². The molecule has 1 heterocycles. The van der Waals surface area contributed by atoms with Crippen LogP contribution in [0.25, 0.3) is 0 Å². The van der Waals surface area contributed by atoms with Gasteiger partial charge in [-0.25, -0.2) is 9.37 Å². The number of rotatable bonds is 11. The van der Waals surface area contributed by atoms with E-state index in [4.69, 9.17) is 0 Å². The monoisotopic (exact) mass is 516 g/mol. The minimum atomic E-state index is -0.925. The fraction of sp³-hybridized carbons (Fsp3) is 0.333. The average Bonchev–Trinajstić information content (AvgIpc) is 3.43. The van der Waals surface area contributed by atoms with Gasteiger partial charge in [0.25, 0.3) is 0 Å². The largest absolute Gasteiger partial charge is 0.351 e. The summed E-state index contributed by atoms with van der Waals surface area (Å²) in [5.41, 5.74) is 1.41. The predicted octanol–water partition coefficient (Wildman–Crippen LogP) is 5.16. The van der Waals surface area contributed by atoms with E-state index < -0.39 is 11.9 Å². The van der Waals surface area contributed by atoms with Crippen LogP contribution in [-0.4, -0.2) is 33.6 Å². The molecule has 2 N–H and O–H groups in total. The topological polar surface area (TPSA) is 91.4 Å². The van der Waals surface area contributed by atoms with Crippen molar-refractivity contribution in [1.29, 1.82) is 0 Å². The summed E-state index contributed by atoms with van der Waals surface area (Å²) in [6.45, 7) is 0.208. The summed E-state index contributed by atoms with van der Waals surface area (Å²) in [7, 11) is 0. The first-order valence-corrected chi connectivity index (χ1v) is 13.1. The van der Waals surface area contributed by atoms with Gasteiger partial charge in [0.15, 0.2) is 0 Å². The fourth-order valence-electron chi connectivity index (χ4n) is 4.76. The van der Waals surface area contributed by atoms with Gasteiger partial charge < -0.3 is 15.5 Å². The van der Waals surface area contributed by atoms with Crippen LogP contribution < -0.4 is 10.6 Å². The Morgan fingerprint density at radius 2 is 1.63 bits per heavy atom. The van der Waals surface area contributed by atoms with Crippen molar-refractivity contribution in [3.05, 3.63) is 95.9 Å². The van der Waals surface area contributed by atoms with Gasteiger partial charge in [0, 0.05) is 31.6 Å². The highest BCUT2D eigenvalue weighted by atomic mass is 19.1. The second-order valence-corrected chi connectivity index (χ2v) is 9.57. The molecule has 4 rings (SSSR count). The van der Waals surface area contributed by atoms with E-state index in [-0.39, 0.29) is 43.1 Å². The van der Waals surface area contributed by atoms with Crippen molar-refractivity contribution < 1.29 is 18.8 Å². The molecular weight excluding hydrogens is 483 g/mol. The maximum Gasteiger partial charge on any atom is 0.247 e. The summed E-state index contributed by atoms with van der Waals surface area (Å²) in [6.07, 6.45) is 6.03. The maximum absolute atomic E-state index is 13.8. The predicted molar refractivity (Wildman–Crippen MR) is 143 cm³/mol. The number of pyridine rings is 1. The highest BCUT2D eigenvalue weighted by Crippen LogP contribution is 2.27. The fourth-order valence-corrected chi connectivity index (χ4v) is 4.76. The Balaban J connectivity index is 1.52. The van der Waals surface area contributed by atoms with E-state index in [1.807, 2.05) is 30.3 Å². The van der Waals surface area contributed by atoms with Gasteiger partial charge in [-0.05, 0) is 54.7 Å². The highest BCUT2D eigenvalue weighted by Gasteiger charge is 2.33. The van der Waals surface area contributed by atoms with Crippen molar-refractivity contribution in [2.24, 2.45) is 0 Å². The lowest BCUT2D eigenvalue weighted by Gasteiger charge is -2.32. The summed E-state index contributed by atoms with van der Waals surface area (Å²) in [4.78, 5) is 45.3. The quantitative estimate of drug-likeness (QED) is 0.368. The van der Waals surface area contributed by atoms with Crippen LogP contribution in [0.5, 0.6) is 0 Å². The van der Waals surface area contributed by atoms with Crippen molar-refractivity contribution in [3.8, 4) is 0 Å². The third-order valence-electron chi connectivity index (χ3n) is 6.69. The SMILES string of the molecule is O=C(CCCC(=O)N(Cc1ccccc1)[C@@H](C(=O)NC1CCCC1)c1ccc(F)cc1)Nc1ccccn1. The number of aromatic nitrogens is 1. The Kier molecular flexibility index (Phi) is 9.56. The molecule has 1 atom stereocenters. The second kappa shape index (κ2) is 13.5. The van der Waals surface area contributed by atoms with E-state index in [1.54, 1.807) is 41.4 Å². The van der Waals surface area contributed by atoms with E-state index in [1.165, 1.54) is 12.1 Å². The number of carbonyl (C=O) groups excluding carboxylic acids is 3. The molecule has 1 aliphatic carbocycles. The van der Waals surface area contributed by atoms with Crippen molar-refractivity contribution in [1.82, 2.24) is 15.2 Å². The number of halogens is 1. The molecule has 0 spiro atoms. The average molecular weight is 517 g/mol. The standard InChI is InChI=1S/C30H33FN4O3/c31-24-18-16-23(17-19-24)29(30(38)33-25-11-4-5-12-25)35(21-22-9-2-1-3-10-22)28(37)15-8-14-27(36)34-26-13-6-7-20-32-26/h1-3,6-7,9-10,13,16-20,25,29H,4-5,8,11-12,14-15,21H2,(H,33,38)(H,32,34,36)/t29-/m1/s1. The lowest BCUT2D eigenvalue weighted by Crippen LogP contribution is -2.45. The lowest BCUT2D eigenvalue weighted by molar-refractivity contribution is -0.142. The first-order valence-electron chi connectivity index (χ1n) is 13.1. The number of carbonyl (C=O) groups is 3. The Bertz CT molecular complexity index is 1200. The molecule has 38 heavy (non-hydrogen) atoms. The molecule has 0 radical (unpaired) electrons. The maximum atomic E-state index is 13.8. The van der Waals surface area contributed by atoms with Gasteiger partial charge in [-0.15, -0.1) is 0 Å². The van der Waals surface area contributed by atoms with Gasteiger partial charge in [0.05, 0.1) is 0 Å². The molecule has 0 saturated heterocycles. The van der Waals surface area contributed by atoms with E-state index in [0.29, 0.717) is 17.8 Å². The molecule has 3 amide bonds. The number of benzene rings is 2. The Hall–Kier alpha value is -4.07. The number of hydrogen-bond acceptors (Lipinski definition) is 4. The van der Waals surface area contributed by atoms with Crippen LogP contribution in [0.15, 0.2) is 79.0 Å². The number of amides is 3. The number of hydrogen-bond donors (Lipinski definition) is 2. The van der Waals surface area contributed by atoms with Crippen LogP contribution in [0.2, 0.25) is 0 Å². The molecule has 0 unspecified atom stereocenters. The Morgan fingerprint density at radius 1 is 0.921 bits per heavy atom. The summed E-state index contributed by atoms with van der Waals surface area (Å²) < 4.78 is 13.8. The van der Waals surface area contributed by atoms with Crippen LogP contribution in [0.3, 0.4) is 0 Å². The van der Waals surface area contributed by atoms with Crippen LogP contribution >= 0.6 is 0 Å². The molecule has 1 saturated carbocycles. The summed E-state index contributed by atoms with van der Waals surface area (Å²) in [6, 6.07) is 19.5. The Labute approximate surface area is 222 Å². The molecule has 1 fully saturated rings. The normalized spacial score (nSPS) is 14.0. The van der Waals surface area contributed by atoms with E-state index in [2.05, 4.69) is 15.6 Å². The molecule has 1 aromatic heterocycles. The Morgan fingerprint density at radius 3 is 2.32 bits per heavy atom. The van der Waals surface area contributed by atoms with Gasteiger partial charge in [0.1, 0.15) is 17.7 Å². The first-order chi connectivity index (χ1) is 18.5. The van der Waals surface area contributed by atoms with Gasteiger partial charge in [0.2, 0.25) is 17.7 Å². The highest BCUT2D eigenvalue weighted by molar-refractivity contribution is 5.91. The minimum Gasteiger partial charge on any atom is -0.351 e. The third kappa shape index (κ3) is 7.71. The number of anilines is 1. The number of nitrogens with one attached hydrogen (secondary N) is 2. The molecule has 0 aliphatic heterocycles. The van der Waals surface area contributed by atoms with Gasteiger partial charge in [-0.3, -0.25) is 14.4 Å². The summed E-state index contributed by atoms with van der Waals surface area (Å²) >= 11 is 0. The molecule has 198 valence electrons. The van der Waals surface area contributed by atoms with Crippen molar-refractivity contribution in [3.63, 3.8) is 0 Å². The van der Waals surface area contributed by atoms with Crippen LogP contribution in [0, 0.1) is 5.82 Å². The van der Waals surface area contributed by atoms with Crippen molar-refractivity contribution in [2.75, 3.05) is 5.32 Å². The lowest BCUT2D eigenvalue weighted by atomic mass is 10.0. The van der Waals surface area contributed by atoms with Crippen LogP contribution in [0.1, 0.15) is 62.1 Å². The first kappa shape index (κ1) is 27.0. The third-order valence-corrected chi connectivity index (χ3v) is 6.69. The summed E-state index contributed by atoms with van der Waals surface area (Å²) in [5, 5.41) is 5.84. The zero-order valence-electron chi connectivity index (χ0n) is 21.3. The second-order valence-electron chi connectivity index (χ2n) is 9.57. The minimum absolute atomic E-state index is 0.0643. The van der Waals surface area contributed by atoms with Gasteiger partial charge in [-0.1, -0.05) is 61.4 Å². The van der Waals surface area contributed by atoms with E-state index >= 15 is 0 Å². The van der Waals surface area contributed by atoms with Crippen molar-refractivity contribution in [2.45, 2.75) is 63.6 Å². The molecular formula is C30H33FN4O3. The molecule has 0 bridgehead atoms. The van der Waals surface area contributed by atoms with E-state index in [9.17, 15) is 18.8 Å². The van der Waals surface area contributed by atoms with Crippen LogP contribution in [-0.2, 0) is 20.9 Å².